The van der Waals surface area contributed by atoms with E-state index in [1.807, 2.05) is 0 Å². The number of nitrogens with one attached hydrogen (secondary N) is 1. The van der Waals surface area contributed by atoms with Gasteiger partial charge in [0.1, 0.15) is 23.3 Å². The summed E-state index contributed by atoms with van der Waals surface area (Å²) < 4.78 is 7.08. The number of hydrogen-bond donors (Lipinski definition) is 5. The molecule has 0 bridgehead atoms. The first-order chi connectivity index (χ1) is 14.2. The minimum absolute atomic E-state index is 0.105. The number of hydrogen-bond acceptors (Lipinski definition) is 9. The Kier molecular flexibility index (Phi) is 5.39. The molecule has 1 saturated carbocycles. The second-order valence-corrected chi connectivity index (χ2v) is 8.31. The number of aromatic nitrogens is 4. The van der Waals surface area contributed by atoms with Gasteiger partial charge in [0.2, 0.25) is 0 Å². The Bertz CT molecular complexity index is 951. The van der Waals surface area contributed by atoms with Gasteiger partial charge in [-0.2, -0.15) is 0 Å². The van der Waals surface area contributed by atoms with E-state index in [-0.39, 0.29) is 22.8 Å². The van der Waals surface area contributed by atoms with E-state index in [0.29, 0.717) is 25.3 Å². The third-order valence-electron chi connectivity index (χ3n) is 5.96. The maximum Gasteiger partial charge on any atom is 0.252 e. The number of nitrogens with two attached hydrogens (primary N) is 1. The normalized spacial score (nSPS) is 34.4. The van der Waals surface area contributed by atoms with Crippen LogP contribution in [0.25, 0.3) is 11.2 Å². The first-order valence-corrected chi connectivity index (χ1v) is 10.3. The summed E-state index contributed by atoms with van der Waals surface area (Å²) >= 11 is 0. The number of anilines is 1. The molecule has 1 aliphatic heterocycles. The average molecular weight is 420 g/mol. The number of nitrogen functional groups attached to an aromatic ring is 1. The fourth-order valence-corrected chi connectivity index (χ4v) is 4.44. The molecule has 2 aliphatic rings. The smallest absolute Gasteiger partial charge is 0.252 e. The molecule has 2 fully saturated rings. The number of fused-ring (bicyclic) bond motifs is 1. The minimum Gasteiger partial charge on any atom is -0.387 e. The number of carbonyl (C=O) groups excluding carboxylic acids is 1. The first-order valence-electron chi connectivity index (χ1n) is 10.3. The average Bonchev–Trinajstić information content (AvgIpc) is 3.24. The number of ether oxygens (including phenoxy) is 1. The van der Waals surface area contributed by atoms with Crippen LogP contribution in [0.1, 0.15) is 51.6 Å². The van der Waals surface area contributed by atoms with Gasteiger partial charge in [0, 0.05) is 6.54 Å². The highest BCUT2D eigenvalue weighted by molar-refractivity contribution is 5.83. The molecule has 0 aromatic carbocycles. The molecule has 4 rings (SSSR count). The lowest BCUT2D eigenvalue weighted by Gasteiger charge is -2.34. The fourth-order valence-electron chi connectivity index (χ4n) is 4.44. The molecule has 6 N–H and O–H groups in total. The molecule has 11 nitrogen and oxygen atoms in total. The molecule has 30 heavy (non-hydrogen) atoms. The van der Waals surface area contributed by atoms with Gasteiger partial charge in [0.25, 0.3) is 5.91 Å². The molecular weight excluding hydrogens is 392 g/mol. The largest absolute Gasteiger partial charge is 0.387 e. The van der Waals surface area contributed by atoms with Crippen LogP contribution in [0, 0.1) is 5.92 Å². The second kappa shape index (κ2) is 7.73. The van der Waals surface area contributed by atoms with Gasteiger partial charge in [-0.3, -0.25) is 9.36 Å². The molecule has 6 atom stereocenters. The molecule has 3 heterocycles. The Morgan fingerprint density at radius 1 is 1.40 bits per heavy atom. The van der Waals surface area contributed by atoms with E-state index in [2.05, 4.69) is 27.2 Å². The monoisotopic (exact) mass is 420 g/mol. The van der Waals surface area contributed by atoms with E-state index < -0.39 is 36.0 Å². The number of imidazole rings is 1. The quantitative estimate of drug-likeness (QED) is 0.440. The number of nitrogens with zero attached hydrogens (tertiary/aromatic N) is 4. The summed E-state index contributed by atoms with van der Waals surface area (Å²) in [6.45, 7) is 4.18. The number of amides is 1. The van der Waals surface area contributed by atoms with E-state index in [1.54, 1.807) is 6.92 Å². The molecule has 0 spiro atoms. The maximum atomic E-state index is 12.2. The van der Waals surface area contributed by atoms with Gasteiger partial charge in [-0.05, 0) is 32.1 Å². The van der Waals surface area contributed by atoms with E-state index in [9.17, 15) is 20.1 Å². The van der Waals surface area contributed by atoms with Crippen molar-refractivity contribution in [3.8, 4) is 0 Å². The van der Waals surface area contributed by atoms with Crippen LogP contribution in [0.2, 0.25) is 0 Å². The number of aliphatic hydroxyl groups is 3. The highest BCUT2D eigenvalue weighted by atomic mass is 16.6. The molecule has 0 radical (unpaired) electrons. The molecule has 11 heteroatoms. The van der Waals surface area contributed by atoms with Crippen molar-refractivity contribution in [2.75, 3.05) is 12.3 Å². The van der Waals surface area contributed by atoms with Crippen LogP contribution in [-0.4, -0.2) is 65.6 Å². The van der Waals surface area contributed by atoms with Crippen molar-refractivity contribution in [2.45, 2.75) is 69.7 Å². The van der Waals surface area contributed by atoms with Crippen molar-refractivity contribution in [3.63, 3.8) is 0 Å². The summed E-state index contributed by atoms with van der Waals surface area (Å²) in [5.41, 5.74) is 5.44. The summed E-state index contributed by atoms with van der Waals surface area (Å²) in [6, 6.07) is 0. The highest BCUT2D eigenvalue weighted by Gasteiger charge is 2.48. The van der Waals surface area contributed by atoms with Gasteiger partial charge in [-0.1, -0.05) is 13.3 Å². The number of carbonyl (C=O) groups is 1. The predicted molar refractivity (Wildman–Crippen MR) is 106 cm³/mol. The first kappa shape index (κ1) is 20.9. The van der Waals surface area contributed by atoms with Crippen LogP contribution in [0.5, 0.6) is 0 Å². The van der Waals surface area contributed by atoms with E-state index in [0.717, 1.165) is 12.8 Å². The standard InChI is InChI=1S/C19H28N6O5/c1-3-21-16(28)13-11(26)12(27)17(30-13)25-8-22-10-14(20)23-18(24-15(10)25)19(29)6-4-5-9(2)7-19/h8-9,11-13,17,26-27,29H,3-7H2,1-2H3,(H,21,28)(H2,20,23,24)/t9?,11-,12?,13+,17-,19?/m1/s1. The summed E-state index contributed by atoms with van der Waals surface area (Å²) in [4.78, 5) is 25.2. The van der Waals surface area contributed by atoms with Gasteiger partial charge >= 0.3 is 0 Å². The second-order valence-electron chi connectivity index (χ2n) is 8.31. The molecule has 2 aromatic heterocycles. The molecule has 1 amide bonds. The highest BCUT2D eigenvalue weighted by Crippen LogP contribution is 2.39. The Morgan fingerprint density at radius 2 is 2.17 bits per heavy atom. The fraction of sp³-hybridized carbons (Fsp3) is 0.684. The number of likely N-dealkylation sites (N-methyl/N-ethyl adjacent to an activating group) is 1. The molecule has 1 saturated heterocycles. The van der Waals surface area contributed by atoms with Crippen molar-refractivity contribution >= 4 is 22.9 Å². The molecule has 2 aromatic rings. The summed E-state index contributed by atoms with van der Waals surface area (Å²) in [5, 5.41) is 34.6. The summed E-state index contributed by atoms with van der Waals surface area (Å²) in [7, 11) is 0. The van der Waals surface area contributed by atoms with E-state index in [1.165, 1.54) is 10.9 Å². The van der Waals surface area contributed by atoms with Gasteiger partial charge in [-0.25, -0.2) is 15.0 Å². The summed E-state index contributed by atoms with van der Waals surface area (Å²) in [5.74, 6) is 0.112. The Hall–Kier alpha value is -2.34. The van der Waals surface area contributed by atoms with Crippen molar-refractivity contribution in [1.82, 2.24) is 24.8 Å². The lowest BCUT2D eigenvalue weighted by atomic mass is 9.78. The van der Waals surface area contributed by atoms with Crippen molar-refractivity contribution in [1.29, 1.82) is 0 Å². The van der Waals surface area contributed by atoms with Gasteiger partial charge in [0.15, 0.2) is 29.6 Å². The van der Waals surface area contributed by atoms with Crippen LogP contribution in [0.15, 0.2) is 6.33 Å². The Balaban J connectivity index is 1.72. The Morgan fingerprint density at radius 3 is 2.87 bits per heavy atom. The van der Waals surface area contributed by atoms with Crippen LogP contribution in [-0.2, 0) is 15.1 Å². The minimum atomic E-state index is -1.42. The van der Waals surface area contributed by atoms with Crippen LogP contribution in [0.4, 0.5) is 5.82 Å². The molecule has 3 unspecified atom stereocenters. The van der Waals surface area contributed by atoms with Crippen LogP contribution in [0.3, 0.4) is 0 Å². The Labute approximate surface area is 173 Å². The number of aliphatic hydroxyl groups excluding tert-OH is 2. The third kappa shape index (κ3) is 3.41. The van der Waals surface area contributed by atoms with Crippen molar-refractivity contribution in [3.05, 3.63) is 12.2 Å². The molecule has 164 valence electrons. The topological polar surface area (TPSA) is 169 Å². The van der Waals surface area contributed by atoms with Gasteiger partial charge in [0.05, 0.1) is 6.33 Å². The van der Waals surface area contributed by atoms with Gasteiger partial charge < -0.3 is 31.1 Å². The maximum absolute atomic E-state index is 12.2. The van der Waals surface area contributed by atoms with Gasteiger partial charge in [-0.15, -0.1) is 0 Å². The van der Waals surface area contributed by atoms with Crippen molar-refractivity contribution in [2.24, 2.45) is 5.92 Å². The molecule has 1 aliphatic carbocycles. The zero-order valence-electron chi connectivity index (χ0n) is 17.0. The van der Waals surface area contributed by atoms with E-state index >= 15 is 0 Å². The van der Waals surface area contributed by atoms with Crippen LogP contribution >= 0.6 is 0 Å². The van der Waals surface area contributed by atoms with Crippen LogP contribution < -0.4 is 11.1 Å². The third-order valence-corrected chi connectivity index (χ3v) is 5.96. The zero-order valence-corrected chi connectivity index (χ0v) is 17.0. The zero-order chi connectivity index (χ0) is 21.6. The SMILES string of the molecule is CCNC(=O)[C@H]1O[C@@H](n2cnc3c(N)nc(C4(O)CCCC(C)C4)nc32)C(O)[C@H]1O. The molecular formula is C19H28N6O5. The summed E-state index contributed by atoms with van der Waals surface area (Å²) in [6.07, 6.45) is -0.836. The predicted octanol–water partition coefficient (Wildman–Crippen LogP) is -0.438. The lowest BCUT2D eigenvalue weighted by molar-refractivity contribution is -0.137. The van der Waals surface area contributed by atoms with E-state index in [4.69, 9.17) is 10.5 Å². The van der Waals surface area contributed by atoms with Crippen molar-refractivity contribution < 1.29 is 24.9 Å². The lowest BCUT2D eigenvalue weighted by Crippen LogP contribution is -2.42. The number of rotatable bonds is 4.